The van der Waals surface area contributed by atoms with Crippen molar-refractivity contribution in [2.75, 3.05) is 24.5 Å². The highest BCUT2D eigenvalue weighted by Crippen LogP contribution is 2.29. The van der Waals surface area contributed by atoms with Gasteiger partial charge in [-0.05, 0) is 38.7 Å². The molecular weight excluding hydrogens is 432 g/mol. The maximum atomic E-state index is 8.58. The zero-order valence-corrected chi connectivity index (χ0v) is 22.1. The number of aromatic nitrogens is 2. The number of benzene rings is 1. The van der Waals surface area contributed by atoms with Gasteiger partial charge in [0.2, 0.25) is 0 Å². The quantitative estimate of drug-likeness (QED) is 0.282. The van der Waals surface area contributed by atoms with Gasteiger partial charge >= 0.3 is 0 Å². The predicted octanol–water partition coefficient (Wildman–Crippen LogP) is 6.20. The largest absolute Gasteiger partial charge is 0.351 e. The van der Waals surface area contributed by atoms with E-state index in [0.29, 0.717) is 11.8 Å². The second-order valence-corrected chi connectivity index (χ2v) is 9.37. The molecule has 1 aromatic carbocycles. The van der Waals surface area contributed by atoms with Gasteiger partial charge in [-0.1, -0.05) is 69.3 Å². The van der Waals surface area contributed by atoms with Crippen molar-refractivity contribution in [3.05, 3.63) is 65.5 Å². The normalized spacial score (nSPS) is 18.0. The molecule has 0 radical (unpaired) electrons. The number of nitrogens with one attached hydrogen (secondary N) is 1. The summed E-state index contributed by atoms with van der Waals surface area (Å²) in [5.74, 6) is 1.74. The van der Waals surface area contributed by atoms with E-state index < -0.39 is 0 Å². The summed E-state index contributed by atoms with van der Waals surface area (Å²) in [5.41, 5.74) is 3.27. The van der Waals surface area contributed by atoms with Crippen LogP contribution in [-0.2, 0) is 6.42 Å². The fourth-order valence-electron chi connectivity index (χ4n) is 4.50. The van der Waals surface area contributed by atoms with Gasteiger partial charge in [0.15, 0.2) is 5.82 Å². The number of anilines is 1. The van der Waals surface area contributed by atoms with Crippen LogP contribution in [0.25, 0.3) is 10.8 Å². The average Bonchev–Trinajstić information content (AvgIpc) is 2.86. The number of nitrogens with zero attached hydrogens (tertiary/aromatic N) is 5. The molecule has 1 saturated heterocycles. The molecule has 35 heavy (non-hydrogen) atoms. The lowest BCUT2D eigenvalue weighted by atomic mass is 10.0. The Morgan fingerprint density at radius 1 is 1.14 bits per heavy atom. The molecule has 1 fully saturated rings. The SMILES string of the molecule is C/C=C(\C=C/CC)Cc1nnc(N2CCN(C(=N)C=N/C(=C\C)C(C)C)[C@H](C)C2)c2ccccc12. The van der Waals surface area contributed by atoms with Crippen molar-refractivity contribution >= 4 is 28.6 Å². The van der Waals surface area contributed by atoms with Crippen molar-refractivity contribution in [1.29, 1.82) is 5.41 Å². The monoisotopic (exact) mass is 472 g/mol. The number of amidine groups is 1. The van der Waals surface area contributed by atoms with E-state index in [1.54, 1.807) is 6.21 Å². The highest BCUT2D eigenvalue weighted by Gasteiger charge is 2.27. The molecule has 0 spiro atoms. The maximum absolute atomic E-state index is 8.58. The molecule has 1 N–H and O–H groups in total. The van der Waals surface area contributed by atoms with Gasteiger partial charge in [0.05, 0.1) is 11.9 Å². The van der Waals surface area contributed by atoms with Gasteiger partial charge in [0.1, 0.15) is 5.84 Å². The van der Waals surface area contributed by atoms with Crippen LogP contribution in [0.1, 0.15) is 53.7 Å². The van der Waals surface area contributed by atoms with E-state index in [4.69, 9.17) is 10.5 Å². The van der Waals surface area contributed by atoms with E-state index in [0.717, 1.165) is 60.5 Å². The first-order chi connectivity index (χ1) is 16.9. The number of hydrogen-bond donors (Lipinski definition) is 1. The number of allylic oxidation sites excluding steroid dienone is 6. The van der Waals surface area contributed by atoms with Crippen molar-refractivity contribution in [2.24, 2.45) is 10.9 Å². The molecule has 2 heterocycles. The molecule has 2 aromatic rings. The molecule has 1 aliphatic heterocycles. The van der Waals surface area contributed by atoms with Gasteiger partial charge in [-0.2, -0.15) is 5.10 Å². The van der Waals surface area contributed by atoms with Crippen LogP contribution in [0.15, 0.2) is 64.8 Å². The van der Waals surface area contributed by atoms with Crippen molar-refractivity contribution < 1.29 is 0 Å². The van der Waals surface area contributed by atoms with Crippen molar-refractivity contribution in [3.8, 4) is 0 Å². The van der Waals surface area contributed by atoms with E-state index in [1.165, 1.54) is 5.57 Å². The Hall–Kier alpha value is -3.28. The van der Waals surface area contributed by atoms with Crippen LogP contribution in [0.2, 0.25) is 0 Å². The van der Waals surface area contributed by atoms with E-state index in [2.05, 4.69) is 97.0 Å². The van der Waals surface area contributed by atoms with Crippen LogP contribution < -0.4 is 4.90 Å². The first-order valence-corrected chi connectivity index (χ1v) is 12.8. The molecule has 0 amide bonds. The van der Waals surface area contributed by atoms with Crippen molar-refractivity contribution in [3.63, 3.8) is 0 Å². The molecule has 1 aromatic heterocycles. The Labute approximate surface area is 210 Å². The lowest BCUT2D eigenvalue weighted by molar-refractivity contribution is 0.299. The van der Waals surface area contributed by atoms with Crippen LogP contribution in [0, 0.1) is 11.3 Å². The van der Waals surface area contributed by atoms with Gasteiger partial charge < -0.3 is 9.80 Å². The predicted molar refractivity (Wildman–Crippen MR) is 150 cm³/mol. The van der Waals surface area contributed by atoms with Gasteiger partial charge in [0, 0.05) is 48.6 Å². The molecule has 0 bridgehead atoms. The summed E-state index contributed by atoms with van der Waals surface area (Å²) in [5, 5.41) is 20.3. The lowest BCUT2D eigenvalue weighted by Crippen LogP contribution is -2.54. The van der Waals surface area contributed by atoms with Gasteiger partial charge in [-0.3, -0.25) is 10.4 Å². The molecule has 3 rings (SSSR count). The lowest BCUT2D eigenvalue weighted by Gasteiger charge is -2.41. The Morgan fingerprint density at radius 3 is 2.51 bits per heavy atom. The third kappa shape index (κ3) is 6.44. The second-order valence-electron chi connectivity index (χ2n) is 9.37. The molecular formula is C29H40N6. The smallest absolute Gasteiger partial charge is 0.159 e. The molecule has 6 nitrogen and oxygen atoms in total. The summed E-state index contributed by atoms with van der Waals surface area (Å²) in [6.07, 6.45) is 12.0. The summed E-state index contributed by atoms with van der Waals surface area (Å²) in [4.78, 5) is 8.98. The zero-order chi connectivity index (χ0) is 25.4. The van der Waals surface area contributed by atoms with E-state index in [-0.39, 0.29) is 6.04 Å². The van der Waals surface area contributed by atoms with E-state index in [9.17, 15) is 0 Å². The Kier molecular flexibility index (Phi) is 9.35. The van der Waals surface area contributed by atoms with Crippen LogP contribution in [0.5, 0.6) is 0 Å². The Balaban J connectivity index is 1.80. The molecule has 0 saturated carbocycles. The number of piperazine rings is 1. The van der Waals surface area contributed by atoms with Crippen LogP contribution in [0.4, 0.5) is 5.82 Å². The molecule has 1 atom stereocenters. The van der Waals surface area contributed by atoms with Gasteiger partial charge in [-0.15, -0.1) is 5.10 Å². The molecule has 0 aliphatic carbocycles. The average molecular weight is 473 g/mol. The summed E-state index contributed by atoms with van der Waals surface area (Å²) in [6.45, 7) is 14.9. The van der Waals surface area contributed by atoms with Crippen molar-refractivity contribution in [2.45, 2.75) is 60.4 Å². The topological polar surface area (TPSA) is 68.5 Å². The fraction of sp³-hybridized carbons (Fsp3) is 0.448. The highest BCUT2D eigenvalue weighted by atomic mass is 15.3. The number of hydrogen-bond acceptors (Lipinski definition) is 5. The van der Waals surface area contributed by atoms with Crippen molar-refractivity contribution in [1.82, 2.24) is 15.1 Å². The maximum Gasteiger partial charge on any atom is 0.159 e. The summed E-state index contributed by atoms with van der Waals surface area (Å²) in [7, 11) is 0. The number of aliphatic imine (C=N–C) groups is 1. The molecule has 1 aliphatic rings. The zero-order valence-electron chi connectivity index (χ0n) is 22.1. The van der Waals surface area contributed by atoms with Gasteiger partial charge in [0.25, 0.3) is 0 Å². The minimum Gasteiger partial charge on any atom is -0.351 e. The minimum atomic E-state index is 0.171. The van der Waals surface area contributed by atoms with Crippen LogP contribution >= 0.6 is 0 Å². The highest BCUT2D eigenvalue weighted by molar-refractivity contribution is 6.28. The number of fused-ring (bicyclic) bond motifs is 1. The van der Waals surface area contributed by atoms with Crippen LogP contribution in [-0.4, -0.2) is 52.8 Å². The Morgan fingerprint density at radius 2 is 1.89 bits per heavy atom. The minimum absolute atomic E-state index is 0.171. The second kappa shape index (κ2) is 12.4. The van der Waals surface area contributed by atoms with Crippen LogP contribution in [0.3, 0.4) is 0 Å². The van der Waals surface area contributed by atoms with Gasteiger partial charge in [-0.25, -0.2) is 0 Å². The van der Waals surface area contributed by atoms with E-state index >= 15 is 0 Å². The van der Waals surface area contributed by atoms with E-state index in [1.807, 2.05) is 13.0 Å². The summed E-state index contributed by atoms with van der Waals surface area (Å²) >= 11 is 0. The summed E-state index contributed by atoms with van der Waals surface area (Å²) < 4.78 is 0. The first kappa shape index (κ1) is 26.3. The summed E-state index contributed by atoms with van der Waals surface area (Å²) in [6, 6.07) is 8.62. The third-order valence-electron chi connectivity index (χ3n) is 6.51. The number of rotatable bonds is 8. The first-order valence-electron chi connectivity index (χ1n) is 12.8. The molecule has 186 valence electrons. The molecule has 0 unspecified atom stereocenters. The molecule has 6 heteroatoms. The Bertz CT molecular complexity index is 1140. The fourth-order valence-corrected chi connectivity index (χ4v) is 4.50. The standard InChI is InChI=1S/C29H40N6/c1-7-10-13-23(8-2)18-27-24-14-11-12-15-25(24)29(33-32-27)34-16-17-35(22(6)20-34)28(30)19-31-26(9-3)21(4)5/h8-15,19,21-22,30H,7,16-18,20H2,1-6H3/b13-10-,23-8+,26-9-,30-28?,31-19?/t22-/m1/s1. The third-order valence-corrected chi connectivity index (χ3v) is 6.51.